The normalized spacial score (nSPS) is 36.4. The molecule has 3 atom stereocenters. The van der Waals surface area contributed by atoms with Gasteiger partial charge >= 0.3 is 0 Å². The fourth-order valence-electron chi connectivity index (χ4n) is 3.64. The van der Waals surface area contributed by atoms with Crippen molar-refractivity contribution >= 4 is 5.91 Å². The highest BCUT2D eigenvalue weighted by molar-refractivity contribution is 5.81. The van der Waals surface area contributed by atoms with Crippen LogP contribution in [0.1, 0.15) is 32.6 Å². The van der Waals surface area contributed by atoms with Crippen LogP contribution in [-0.4, -0.2) is 50.5 Å². The first-order chi connectivity index (χ1) is 9.26. The Morgan fingerprint density at radius 1 is 1.53 bits per heavy atom. The predicted octanol–water partition coefficient (Wildman–Crippen LogP) is 0.439. The van der Waals surface area contributed by atoms with Crippen LogP contribution in [0.25, 0.3) is 0 Å². The van der Waals surface area contributed by atoms with Gasteiger partial charge in [0.2, 0.25) is 0 Å². The highest BCUT2D eigenvalue weighted by Crippen LogP contribution is 2.57. The molecule has 1 saturated heterocycles. The van der Waals surface area contributed by atoms with Gasteiger partial charge in [-0.15, -0.1) is 0 Å². The Morgan fingerprint density at radius 2 is 2.37 bits per heavy atom. The molecule has 1 aliphatic heterocycles. The van der Waals surface area contributed by atoms with Gasteiger partial charge in [0.1, 0.15) is 6.10 Å². The van der Waals surface area contributed by atoms with Crippen molar-refractivity contribution in [2.24, 2.45) is 5.41 Å². The number of morpholine rings is 1. The highest BCUT2D eigenvalue weighted by Gasteiger charge is 2.59. The van der Waals surface area contributed by atoms with Crippen LogP contribution in [0.3, 0.4) is 0 Å². The molecule has 0 bridgehead atoms. The van der Waals surface area contributed by atoms with Crippen molar-refractivity contribution in [3.63, 3.8) is 0 Å². The minimum absolute atomic E-state index is 0.0402. The van der Waals surface area contributed by atoms with E-state index in [1.807, 2.05) is 6.92 Å². The lowest BCUT2D eigenvalue weighted by Crippen LogP contribution is -2.68. The molecule has 3 aliphatic rings. The molecule has 2 N–H and O–H groups in total. The number of hydrogen-bond acceptors (Lipinski definition) is 4. The second-order valence-electron chi connectivity index (χ2n) is 5.89. The van der Waals surface area contributed by atoms with Crippen LogP contribution in [0, 0.1) is 5.41 Å². The van der Waals surface area contributed by atoms with E-state index in [2.05, 4.69) is 10.6 Å². The molecular weight excluding hydrogens is 244 g/mol. The topological polar surface area (TPSA) is 59.6 Å². The standard InChI is InChI=1S/C14H24N2O3/c1-2-18-12-8-11(14(12)4-3-5-14)16-13(17)10-9-15-6-7-19-10/h10-12,15H,2-9H2,1H3,(H,16,17). The van der Waals surface area contributed by atoms with Crippen LogP contribution in [-0.2, 0) is 14.3 Å². The van der Waals surface area contributed by atoms with E-state index in [0.29, 0.717) is 19.3 Å². The molecule has 3 unspecified atom stereocenters. The lowest BCUT2D eigenvalue weighted by molar-refractivity contribution is -0.178. The van der Waals surface area contributed by atoms with E-state index >= 15 is 0 Å². The van der Waals surface area contributed by atoms with E-state index in [-0.39, 0.29) is 23.5 Å². The lowest BCUT2D eigenvalue weighted by atomic mass is 9.51. The molecule has 5 heteroatoms. The minimum atomic E-state index is -0.322. The third kappa shape index (κ3) is 2.28. The molecule has 0 radical (unpaired) electrons. The van der Waals surface area contributed by atoms with Gasteiger partial charge in [-0.25, -0.2) is 0 Å². The second-order valence-corrected chi connectivity index (χ2v) is 5.89. The van der Waals surface area contributed by atoms with E-state index in [9.17, 15) is 4.79 Å². The average Bonchev–Trinajstić information content (AvgIpc) is 2.36. The molecule has 108 valence electrons. The number of carbonyl (C=O) groups excluding carboxylic acids is 1. The van der Waals surface area contributed by atoms with Gasteiger partial charge in [0.25, 0.3) is 5.91 Å². The van der Waals surface area contributed by atoms with Gasteiger partial charge in [-0.2, -0.15) is 0 Å². The number of nitrogens with one attached hydrogen (secondary N) is 2. The predicted molar refractivity (Wildman–Crippen MR) is 70.9 cm³/mol. The minimum Gasteiger partial charge on any atom is -0.378 e. The Labute approximate surface area is 114 Å². The second kappa shape index (κ2) is 5.38. The van der Waals surface area contributed by atoms with E-state index < -0.39 is 0 Å². The summed E-state index contributed by atoms with van der Waals surface area (Å²) in [5.74, 6) is 0.0402. The first-order valence-electron chi connectivity index (χ1n) is 7.50. The van der Waals surface area contributed by atoms with Gasteiger partial charge in [0, 0.05) is 31.2 Å². The van der Waals surface area contributed by atoms with Crippen LogP contribution in [0.5, 0.6) is 0 Å². The van der Waals surface area contributed by atoms with Crippen LogP contribution in [0.4, 0.5) is 0 Å². The molecule has 0 aromatic rings. The molecule has 1 amide bonds. The van der Waals surface area contributed by atoms with Crippen LogP contribution in [0.15, 0.2) is 0 Å². The van der Waals surface area contributed by atoms with Crippen molar-refractivity contribution in [1.29, 1.82) is 0 Å². The van der Waals surface area contributed by atoms with Gasteiger partial charge < -0.3 is 20.1 Å². The maximum absolute atomic E-state index is 12.2. The quantitative estimate of drug-likeness (QED) is 0.777. The Bertz CT molecular complexity index is 338. The monoisotopic (exact) mass is 268 g/mol. The van der Waals surface area contributed by atoms with E-state index in [0.717, 1.165) is 19.6 Å². The Kier molecular flexibility index (Phi) is 3.78. The Morgan fingerprint density at radius 3 is 2.95 bits per heavy atom. The summed E-state index contributed by atoms with van der Waals surface area (Å²) in [6.07, 6.45) is 4.62. The number of ether oxygens (including phenoxy) is 2. The molecule has 1 heterocycles. The van der Waals surface area contributed by atoms with Crippen molar-refractivity contribution in [1.82, 2.24) is 10.6 Å². The summed E-state index contributed by atoms with van der Waals surface area (Å²) >= 11 is 0. The van der Waals surface area contributed by atoms with E-state index in [1.54, 1.807) is 0 Å². The van der Waals surface area contributed by atoms with Gasteiger partial charge in [-0.1, -0.05) is 6.42 Å². The molecule has 19 heavy (non-hydrogen) atoms. The summed E-state index contributed by atoms with van der Waals surface area (Å²) in [5, 5.41) is 6.38. The summed E-state index contributed by atoms with van der Waals surface area (Å²) in [4.78, 5) is 12.2. The zero-order valence-corrected chi connectivity index (χ0v) is 11.6. The summed E-state index contributed by atoms with van der Waals surface area (Å²) in [6, 6.07) is 0.288. The molecule has 1 spiro atoms. The molecular formula is C14H24N2O3. The van der Waals surface area contributed by atoms with Gasteiger partial charge in [0.05, 0.1) is 12.7 Å². The summed E-state index contributed by atoms with van der Waals surface area (Å²) in [7, 11) is 0. The summed E-state index contributed by atoms with van der Waals surface area (Å²) in [6.45, 7) is 4.89. The van der Waals surface area contributed by atoms with Crippen molar-refractivity contribution in [2.75, 3.05) is 26.3 Å². The fraction of sp³-hybridized carbons (Fsp3) is 0.929. The third-order valence-electron chi connectivity index (χ3n) is 4.97. The smallest absolute Gasteiger partial charge is 0.250 e. The van der Waals surface area contributed by atoms with Crippen molar-refractivity contribution in [3.05, 3.63) is 0 Å². The molecule has 0 aromatic heterocycles. The van der Waals surface area contributed by atoms with Crippen molar-refractivity contribution < 1.29 is 14.3 Å². The van der Waals surface area contributed by atoms with Crippen molar-refractivity contribution in [3.8, 4) is 0 Å². The largest absolute Gasteiger partial charge is 0.378 e. The highest BCUT2D eigenvalue weighted by atomic mass is 16.5. The third-order valence-corrected chi connectivity index (χ3v) is 4.97. The molecule has 3 rings (SSSR count). The van der Waals surface area contributed by atoms with Crippen LogP contribution in [0.2, 0.25) is 0 Å². The number of amides is 1. The van der Waals surface area contributed by atoms with Crippen LogP contribution < -0.4 is 10.6 Å². The Hall–Kier alpha value is -0.650. The number of carbonyl (C=O) groups is 1. The van der Waals surface area contributed by atoms with E-state index in [1.165, 1.54) is 19.3 Å². The first-order valence-corrected chi connectivity index (χ1v) is 7.50. The maximum Gasteiger partial charge on any atom is 0.250 e. The fourth-order valence-corrected chi connectivity index (χ4v) is 3.64. The summed E-state index contributed by atoms with van der Waals surface area (Å²) < 4.78 is 11.3. The first kappa shape index (κ1) is 13.3. The molecule has 3 fully saturated rings. The number of rotatable bonds is 4. The summed E-state index contributed by atoms with van der Waals surface area (Å²) in [5.41, 5.74) is 0.230. The van der Waals surface area contributed by atoms with Crippen molar-refractivity contribution in [2.45, 2.75) is 50.9 Å². The molecule has 5 nitrogen and oxygen atoms in total. The maximum atomic E-state index is 12.2. The lowest BCUT2D eigenvalue weighted by Gasteiger charge is -2.61. The van der Waals surface area contributed by atoms with Gasteiger partial charge in [-0.3, -0.25) is 4.79 Å². The Balaban J connectivity index is 1.54. The average molecular weight is 268 g/mol. The van der Waals surface area contributed by atoms with Crippen LogP contribution >= 0.6 is 0 Å². The SMILES string of the molecule is CCOC1CC(NC(=O)C2CNCCO2)C12CCC2. The number of hydrogen-bond donors (Lipinski definition) is 2. The zero-order valence-electron chi connectivity index (χ0n) is 11.6. The molecule has 2 aliphatic carbocycles. The molecule has 2 saturated carbocycles. The zero-order chi connectivity index (χ0) is 13.3. The van der Waals surface area contributed by atoms with E-state index in [4.69, 9.17) is 9.47 Å². The molecule has 0 aromatic carbocycles. The van der Waals surface area contributed by atoms with Gasteiger partial charge in [0.15, 0.2) is 0 Å². The van der Waals surface area contributed by atoms with Gasteiger partial charge in [-0.05, 0) is 26.2 Å².